The summed E-state index contributed by atoms with van der Waals surface area (Å²) in [5.41, 5.74) is 1.12. The third kappa shape index (κ3) is 3.63. The maximum Gasteiger partial charge on any atom is 0.204 e. The van der Waals surface area contributed by atoms with Crippen molar-refractivity contribution in [3.63, 3.8) is 0 Å². The molecule has 2 atom stereocenters. The molecule has 4 rings (SSSR count). The molecule has 0 radical (unpaired) electrons. The van der Waals surface area contributed by atoms with Gasteiger partial charge in [0.2, 0.25) is 4.20 Å². The molecule has 0 saturated heterocycles. The molecule has 1 aromatic carbocycles. The fourth-order valence-corrected chi connectivity index (χ4v) is 7.95. The minimum absolute atomic E-state index is 0.469. The Morgan fingerprint density at radius 1 is 0.923 bits per heavy atom. The van der Waals surface area contributed by atoms with Crippen LogP contribution in [0.3, 0.4) is 0 Å². The van der Waals surface area contributed by atoms with Crippen molar-refractivity contribution in [2.45, 2.75) is 80.5 Å². The zero-order valence-corrected chi connectivity index (χ0v) is 17.1. The van der Waals surface area contributed by atoms with E-state index in [1.165, 1.54) is 64.2 Å². The van der Waals surface area contributed by atoms with E-state index in [9.17, 15) is 4.21 Å². The van der Waals surface area contributed by atoms with Crippen molar-refractivity contribution in [1.82, 2.24) is 9.62 Å². The number of rotatable bonds is 5. The average molecular weight is 391 g/mol. The Labute approximate surface area is 164 Å². The second-order valence-corrected chi connectivity index (χ2v) is 10.7. The second kappa shape index (κ2) is 8.49. The molecule has 0 aromatic heterocycles. The van der Waals surface area contributed by atoms with Crippen molar-refractivity contribution >= 4 is 22.7 Å². The topological polar surface area (TPSA) is 32.3 Å². The number of hydrogen-bond acceptors (Lipinski definition) is 3. The van der Waals surface area contributed by atoms with Gasteiger partial charge in [-0.1, -0.05) is 80.6 Å². The van der Waals surface area contributed by atoms with E-state index in [4.69, 9.17) is 0 Å². The molecule has 26 heavy (non-hydrogen) atoms. The minimum Gasteiger partial charge on any atom is -0.361 e. The van der Waals surface area contributed by atoms with E-state index in [0.717, 1.165) is 5.56 Å². The lowest BCUT2D eigenvalue weighted by molar-refractivity contribution is 0.175. The Morgan fingerprint density at radius 2 is 1.50 bits per heavy atom. The quantitative estimate of drug-likeness (QED) is 0.746. The van der Waals surface area contributed by atoms with E-state index in [0.29, 0.717) is 12.1 Å². The van der Waals surface area contributed by atoms with Gasteiger partial charge in [0, 0.05) is 23.8 Å². The SMILES string of the molecule is O=S(N(C1CCCCC1)C1CCCCC1)C1(c2ccccc2)NC=CS1. The molecule has 1 aromatic rings. The standard InChI is InChI=1S/C21H30N2OS2/c24-26(21(22-16-17-25-21)18-10-4-1-5-11-18)23(19-12-6-2-7-13-19)20-14-8-3-9-15-20/h1,4-5,10-11,16-17,19-20,22H,2-3,6-9,12-15H2. The summed E-state index contributed by atoms with van der Waals surface area (Å²) >= 11 is 1.67. The highest BCUT2D eigenvalue weighted by molar-refractivity contribution is 8.13. The fraction of sp³-hybridized carbons (Fsp3) is 0.619. The molecule has 2 fully saturated rings. The summed E-state index contributed by atoms with van der Waals surface area (Å²) in [6.07, 6.45) is 14.6. The third-order valence-corrected chi connectivity index (χ3v) is 9.53. The average Bonchev–Trinajstić information content (AvgIpc) is 3.22. The first-order valence-electron chi connectivity index (χ1n) is 10.2. The van der Waals surface area contributed by atoms with Crippen LogP contribution in [0.4, 0.5) is 0 Å². The van der Waals surface area contributed by atoms with Crippen molar-refractivity contribution in [2.75, 3.05) is 0 Å². The smallest absolute Gasteiger partial charge is 0.204 e. The number of benzene rings is 1. The summed E-state index contributed by atoms with van der Waals surface area (Å²) < 4.78 is 16.0. The summed E-state index contributed by atoms with van der Waals surface area (Å²) in [6, 6.07) is 11.3. The van der Waals surface area contributed by atoms with Crippen molar-refractivity contribution in [1.29, 1.82) is 0 Å². The Morgan fingerprint density at radius 3 is 2.00 bits per heavy atom. The van der Waals surface area contributed by atoms with Gasteiger partial charge >= 0.3 is 0 Å². The molecule has 3 nitrogen and oxygen atoms in total. The lowest BCUT2D eigenvalue weighted by atomic mass is 9.91. The summed E-state index contributed by atoms with van der Waals surface area (Å²) in [5.74, 6) is 0. The van der Waals surface area contributed by atoms with E-state index < -0.39 is 15.2 Å². The van der Waals surface area contributed by atoms with Gasteiger partial charge in [-0.2, -0.15) is 0 Å². The van der Waals surface area contributed by atoms with Crippen molar-refractivity contribution < 1.29 is 4.21 Å². The van der Waals surface area contributed by atoms with E-state index in [-0.39, 0.29) is 0 Å². The van der Waals surface area contributed by atoms with Crippen LogP contribution in [0.15, 0.2) is 41.9 Å². The Hall–Kier alpha value is -0.780. The van der Waals surface area contributed by atoms with Crippen LogP contribution in [0, 0.1) is 0 Å². The predicted octanol–water partition coefficient (Wildman–Crippen LogP) is 5.24. The molecule has 2 unspecified atom stereocenters. The summed E-state index contributed by atoms with van der Waals surface area (Å²) in [7, 11) is -1.12. The number of hydrogen-bond donors (Lipinski definition) is 1. The van der Waals surface area contributed by atoms with Crippen LogP contribution in [-0.2, 0) is 15.2 Å². The van der Waals surface area contributed by atoms with Crippen LogP contribution in [0.5, 0.6) is 0 Å². The highest BCUT2D eigenvalue weighted by Gasteiger charge is 2.47. The van der Waals surface area contributed by atoms with E-state index in [2.05, 4.69) is 39.3 Å². The van der Waals surface area contributed by atoms with E-state index in [1.807, 2.05) is 12.3 Å². The lowest BCUT2D eigenvalue weighted by Gasteiger charge is -2.44. The zero-order chi connectivity index (χ0) is 17.8. The number of nitrogens with zero attached hydrogens (tertiary/aromatic N) is 1. The van der Waals surface area contributed by atoms with E-state index in [1.54, 1.807) is 11.8 Å². The molecule has 142 valence electrons. The van der Waals surface area contributed by atoms with Crippen LogP contribution >= 0.6 is 11.8 Å². The molecule has 0 bridgehead atoms. The van der Waals surface area contributed by atoms with E-state index >= 15 is 0 Å². The first kappa shape index (κ1) is 18.6. The maximum atomic E-state index is 14.2. The molecule has 1 heterocycles. The largest absolute Gasteiger partial charge is 0.361 e. The van der Waals surface area contributed by atoms with Gasteiger partial charge in [-0.15, -0.1) is 0 Å². The fourth-order valence-electron chi connectivity index (χ4n) is 4.70. The summed E-state index contributed by atoms with van der Waals surface area (Å²) in [5, 5.41) is 5.55. The van der Waals surface area contributed by atoms with Gasteiger partial charge in [-0.25, -0.2) is 8.51 Å². The van der Waals surface area contributed by atoms with Crippen LogP contribution in [0.2, 0.25) is 0 Å². The lowest BCUT2D eigenvalue weighted by Crippen LogP contribution is -2.53. The van der Waals surface area contributed by atoms with Gasteiger partial charge < -0.3 is 5.32 Å². The number of nitrogens with one attached hydrogen (secondary N) is 1. The first-order valence-corrected chi connectivity index (χ1v) is 12.2. The zero-order valence-electron chi connectivity index (χ0n) is 15.4. The third-order valence-electron chi connectivity index (χ3n) is 6.04. The molecule has 1 aliphatic heterocycles. The Bertz CT molecular complexity index is 611. The molecular formula is C21H30N2OS2. The highest BCUT2D eigenvalue weighted by atomic mass is 32.2. The molecule has 3 aliphatic rings. The van der Waals surface area contributed by atoms with Crippen LogP contribution < -0.4 is 5.32 Å². The summed E-state index contributed by atoms with van der Waals surface area (Å²) in [4.78, 5) is 0. The van der Waals surface area contributed by atoms with Gasteiger partial charge in [0.25, 0.3) is 0 Å². The maximum absolute atomic E-state index is 14.2. The van der Waals surface area contributed by atoms with Crippen molar-refractivity contribution in [3.05, 3.63) is 47.5 Å². The van der Waals surface area contributed by atoms with Gasteiger partial charge in [0.1, 0.15) is 11.0 Å². The van der Waals surface area contributed by atoms with Gasteiger partial charge in [0.15, 0.2) is 0 Å². The number of thioether (sulfide) groups is 1. The molecule has 5 heteroatoms. The van der Waals surface area contributed by atoms with Crippen LogP contribution in [0.1, 0.15) is 69.8 Å². The van der Waals surface area contributed by atoms with Gasteiger partial charge in [-0.3, -0.25) is 0 Å². The monoisotopic (exact) mass is 390 g/mol. The Balaban J connectivity index is 1.67. The van der Waals surface area contributed by atoms with Gasteiger partial charge in [0.05, 0.1) is 0 Å². The molecule has 0 amide bonds. The van der Waals surface area contributed by atoms with Gasteiger partial charge in [-0.05, 0) is 31.1 Å². The molecule has 2 saturated carbocycles. The van der Waals surface area contributed by atoms with Crippen LogP contribution in [-0.4, -0.2) is 20.6 Å². The Kier molecular flexibility index (Phi) is 6.07. The highest BCUT2D eigenvalue weighted by Crippen LogP contribution is 2.45. The predicted molar refractivity (Wildman–Crippen MR) is 112 cm³/mol. The van der Waals surface area contributed by atoms with Crippen molar-refractivity contribution in [2.24, 2.45) is 0 Å². The molecule has 0 spiro atoms. The molecule has 1 N–H and O–H groups in total. The van der Waals surface area contributed by atoms with Crippen LogP contribution in [0.25, 0.3) is 0 Å². The molecular weight excluding hydrogens is 360 g/mol. The normalized spacial score (nSPS) is 29.0. The summed E-state index contributed by atoms with van der Waals surface area (Å²) in [6.45, 7) is 0. The van der Waals surface area contributed by atoms with Crippen molar-refractivity contribution in [3.8, 4) is 0 Å². The first-order chi connectivity index (χ1) is 12.8. The second-order valence-electron chi connectivity index (χ2n) is 7.74. The minimum atomic E-state index is -1.12. The molecule has 2 aliphatic carbocycles.